The maximum Gasteiger partial charge on any atom is 0.0616 e. The normalized spacial score (nSPS) is 11.8. The topological polar surface area (TPSA) is 153 Å². The minimum atomic E-state index is -0.728. The third kappa shape index (κ3) is 93.6. The van der Waals surface area contributed by atoms with E-state index in [1.807, 2.05) is 0 Å². The molecule has 0 aromatic heterocycles. The predicted molar refractivity (Wildman–Crippen MR) is 113 cm³/mol. The van der Waals surface area contributed by atoms with Gasteiger partial charge in [-0.05, 0) is 54.4 Å². The van der Waals surface area contributed by atoms with Crippen LogP contribution in [0.15, 0.2) is 0 Å². The Labute approximate surface area is 209 Å². The molecule has 7 nitrogen and oxygen atoms in total. The summed E-state index contributed by atoms with van der Waals surface area (Å²) in [4.78, 5) is 0. The first-order valence-electron chi connectivity index (χ1n) is 9.69. The van der Waals surface area contributed by atoms with Crippen LogP contribution in [-0.4, -0.2) is 72.7 Å². The molecule has 0 rings (SSSR count). The number of aliphatic hydroxyl groups excluding tert-OH is 4. The van der Waals surface area contributed by atoms with Crippen molar-refractivity contribution in [1.82, 2.24) is 0 Å². The maximum atomic E-state index is 9.03. The van der Waals surface area contributed by atoms with Gasteiger partial charge in [0.25, 0.3) is 0 Å². The molecule has 0 bridgehead atoms. The molecule has 0 aromatic carbocycles. The molecule has 29 heavy (non-hydrogen) atoms. The van der Waals surface area contributed by atoms with Crippen molar-refractivity contribution in [1.29, 1.82) is 0 Å². The van der Waals surface area contributed by atoms with Crippen molar-refractivity contribution in [3.8, 4) is 0 Å². The zero-order valence-corrected chi connectivity index (χ0v) is 23.1. The molecular weight excluding hydrogens is 448 g/mol. The van der Waals surface area contributed by atoms with Crippen molar-refractivity contribution >= 4 is 0 Å². The van der Waals surface area contributed by atoms with E-state index >= 15 is 0 Å². The van der Waals surface area contributed by atoms with Crippen LogP contribution in [0.5, 0.6) is 0 Å². The summed E-state index contributed by atoms with van der Waals surface area (Å²) in [6.07, 6.45) is 4.14. The van der Waals surface area contributed by atoms with Crippen LogP contribution < -0.4 is 0 Å². The molecule has 9 heteroatoms. The first-order chi connectivity index (χ1) is 11.7. The van der Waals surface area contributed by atoms with Crippen molar-refractivity contribution in [3.05, 3.63) is 0 Å². The maximum absolute atomic E-state index is 9.03. The first-order valence-corrected chi connectivity index (χ1v) is 9.69. The van der Waals surface area contributed by atoms with E-state index in [0.29, 0.717) is 26.1 Å². The van der Waals surface area contributed by atoms with E-state index < -0.39 is 23.4 Å². The van der Waals surface area contributed by atoms with Gasteiger partial charge >= 0.3 is 0 Å². The molecule has 0 saturated carbocycles. The van der Waals surface area contributed by atoms with Crippen LogP contribution in [0.3, 0.4) is 0 Å². The van der Waals surface area contributed by atoms with Gasteiger partial charge in [0, 0.05) is 69.5 Å². The fraction of sp³-hybridized carbons (Fsp3) is 1.00. The van der Waals surface area contributed by atoms with Crippen LogP contribution in [0, 0.1) is 0 Å². The van der Waals surface area contributed by atoms with Gasteiger partial charge in [0.15, 0.2) is 0 Å². The van der Waals surface area contributed by atoms with Crippen molar-refractivity contribution in [2.45, 2.75) is 117 Å². The van der Waals surface area contributed by atoms with Gasteiger partial charge in [0.05, 0.1) is 23.4 Å². The number of aliphatic hydroxyl groups is 6. The molecule has 0 heterocycles. The average Bonchev–Trinajstić information content (AvgIpc) is 2.36. The summed E-state index contributed by atoms with van der Waals surface area (Å²) in [6.45, 7) is 14.8. The van der Waals surface area contributed by atoms with E-state index in [-0.39, 0.29) is 48.9 Å². The molecule has 0 aromatic rings. The summed E-state index contributed by atoms with van der Waals surface area (Å²) < 4.78 is 0. The molecule has 0 aliphatic rings. The molecule has 180 valence electrons. The summed E-state index contributed by atoms with van der Waals surface area (Å²) in [6, 6.07) is 0. The van der Waals surface area contributed by atoms with Crippen molar-refractivity contribution < 1.29 is 79.6 Å². The molecule has 2 unspecified atom stereocenters. The van der Waals surface area contributed by atoms with E-state index in [4.69, 9.17) is 30.6 Å². The SMILES string of the molecule is CC(O)CC(C)(C)O.CC(O)CC(C)(C)O.CCCCO.CCCCO.O.[Ti].[Ti]. The van der Waals surface area contributed by atoms with Crippen LogP contribution in [-0.2, 0) is 43.4 Å². The number of hydrogen-bond donors (Lipinski definition) is 6. The van der Waals surface area contributed by atoms with E-state index in [0.717, 1.165) is 25.7 Å². The van der Waals surface area contributed by atoms with Gasteiger partial charge in [0.2, 0.25) is 0 Å². The van der Waals surface area contributed by atoms with Crippen molar-refractivity contribution in [2.24, 2.45) is 0 Å². The van der Waals surface area contributed by atoms with Gasteiger partial charge in [-0.15, -0.1) is 0 Å². The molecule has 0 aliphatic carbocycles. The third-order valence-corrected chi connectivity index (χ3v) is 2.61. The summed E-state index contributed by atoms with van der Waals surface area (Å²) >= 11 is 0. The van der Waals surface area contributed by atoms with Crippen LogP contribution in [0.2, 0.25) is 0 Å². The molecule has 0 amide bonds. The Balaban J connectivity index is -0.0000000440. The average molecular weight is 498 g/mol. The summed E-state index contributed by atoms with van der Waals surface area (Å²) in [7, 11) is 0. The van der Waals surface area contributed by atoms with Gasteiger partial charge < -0.3 is 36.1 Å². The second-order valence-corrected chi connectivity index (χ2v) is 7.89. The Bertz CT molecular complexity index is 224. The minimum absolute atomic E-state index is 0. The number of unbranched alkanes of at least 4 members (excludes halogenated alkanes) is 2. The molecule has 2 atom stereocenters. The predicted octanol–water partition coefficient (Wildman–Crippen LogP) is 1.78. The van der Waals surface area contributed by atoms with Gasteiger partial charge in [-0.1, -0.05) is 26.7 Å². The zero-order valence-electron chi connectivity index (χ0n) is 20.0. The van der Waals surface area contributed by atoms with Crippen LogP contribution in [0.4, 0.5) is 0 Å². The molecule has 0 saturated heterocycles. The minimum Gasteiger partial charge on any atom is -0.412 e. The van der Waals surface area contributed by atoms with Crippen molar-refractivity contribution in [3.63, 3.8) is 0 Å². The van der Waals surface area contributed by atoms with Crippen LogP contribution in [0.1, 0.15) is 93.9 Å². The molecule has 0 aliphatic heterocycles. The van der Waals surface area contributed by atoms with Crippen LogP contribution >= 0.6 is 0 Å². The molecule has 0 radical (unpaired) electrons. The Kier molecular flexibility index (Phi) is 51.7. The van der Waals surface area contributed by atoms with E-state index in [1.54, 1.807) is 41.5 Å². The molecular formula is C20H50O7Ti2. The van der Waals surface area contributed by atoms with Gasteiger partial charge in [0.1, 0.15) is 0 Å². The molecule has 0 fully saturated rings. The monoisotopic (exact) mass is 498 g/mol. The Morgan fingerprint density at radius 3 is 0.862 bits per heavy atom. The second-order valence-electron chi connectivity index (χ2n) is 7.89. The smallest absolute Gasteiger partial charge is 0.0616 e. The Hall–Kier alpha value is 1.15. The fourth-order valence-electron chi connectivity index (χ4n) is 1.76. The summed E-state index contributed by atoms with van der Waals surface area (Å²) in [5.41, 5.74) is -1.46. The van der Waals surface area contributed by atoms with Gasteiger partial charge in [-0.3, -0.25) is 0 Å². The number of rotatable bonds is 8. The van der Waals surface area contributed by atoms with Crippen LogP contribution in [0.25, 0.3) is 0 Å². The van der Waals surface area contributed by atoms with Gasteiger partial charge in [-0.2, -0.15) is 0 Å². The van der Waals surface area contributed by atoms with E-state index in [9.17, 15) is 0 Å². The molecule has 8 N–H and O–H groups in total. The second kappa shape index (κ2) is 31.3. The third-order valence-electron chi connectivity index (χ3n) is 2.61. The van der Waals surface area contributed by atoms with E-state index in [2.05, 4.69) is 13.8 Å². The largest absolute Gasteiger partial charge is 0.412 e. The fourth-order valence-corrected chi connectivity index (χ4v) is 1.76. The summed E-state index contributed by atoms with van der Waals surface area (Å²) in [5.74, 6) is 0. The standard InChI is InChI=1S/2C6H14O2.2C4H10O.H2O.2Ti/c2*1-5(7)4-6(2,3)8;2*1-2-3-4-5;;;/h2*5,7-8H,4H2,1-3H3;2*5H,2-4H2,1H3;1H2;;. The molecule has 0 spiro atoms. The zero-order chi connectivity index (χ0) is 21.8. The van der Waals surface area contributed by atoms with Gasteiger partial charge in [-0.25, -0.2) is 0 Å². The van der Waals surface area contributed by atoms with E-state index in [1.165, 1.54) is 0 Å². The van der Waals surface area contributed by atoms with Crippen molar-refractivity contribution in [2.75, 3.05) is 13.2 Å². The number of hydrogen-bond acceptors (Lipinski definition) is 6. The Morgan fingerprint density at radius 2 is 0.862 bits per heavy atom. The summed E-state index contributed by atoms with van der Waals surface area (Å²) in [5, 5.41) is 51.6. The quantitative estimate of drug-likeness (QED) is 0.281. The first kappa shape index (κ1) is 47.8. The Morgan fingerprint density at radius 1 is 0.655 bits per heavy atom.